The second-order valence-electron chi connectivity index (χ2n) is 3.67. The largest absolute Gasteiger partial charge is 0.380 e. The Balaban J connectivity index is 2.93. The van der Waals surface area contributed by atoms with Crippen molar-refractivity contribution in [1.29, 1.82) is 0 Å². The van der Waals surface area contributed by atoms with Crippen LogP contribution in [0.2, 0.25) is 0 Å². The summed E-state index contributed by atoms with van der Waals surface area (Å²) < 4.78 is 6.00. The quantitative estimate of drug-likeness (QED) is 0.440. The van der Waals surface area contributed by atoms with Gasteiger partial charge in [0.2, 0.25) is 0 Å². The lowest BCUT2D eigenvalue weighted by Gasteiger charge is -2.22. The Labute approximate surface area is 115 Å². The van der Waals surface area contributed by atoms with Gasteiger partial charge in [-0.15, -0.1) is 0 Å². The van der Waals surface area contributed by atoms with Crippen molar-refractivity contribution in [3.05, 3.63) is 32.8 Å². The van der Waals surface area contributed by atoms with E-state index in [-0.39, 0.29) is 10.6 Å². The Morgan fingerprint density at radius 1 is 1.44 bits per heavy atom. The molecule has 6 heteroatoms. The van der Waals surface area contributed by atoms with Gasteiger partial charge in [0, 0.05) is 30.2 Å². The Bertz CT molecular complexity index is 412. The number of nitro benzene ring substituents is 1. The summed E-state index contributed by atoms with van der Waals surface area (Å²) in [7, 11) is 0. The zero-order chi connectivity index (χ0) is 13.5. The fourth-order valence-corrected chi connectivity index (χ4v) is 2.03. The van der Waals surface area contributed by atoms with Crippen molar-refractivity contribution < 1.29 is 9.66 Å². The molecule has 0 spiro atoms. The highest BCUT2D eigenvalue weighted by atomic mass is 79.9. The molecule has 0 heterocycles. The van der Waals surface area contributed by atoms with Crippen molar-refractivity contribution in [2.45, 2.75) is 13.8 Å². The smallest absolute Gasteiger partial charge is 0.293 e. The molecule has 1 rings (SSSR count). The maximum absolute atomic E-state index is 11.1. The topological polar surface area (TPSA) is 55.6 Å². The predicted molar refractivity (Wildman–Crippen MR) is 75.2 cm³/mol. The van der Waals surface area contributed by atoms with Crippen molar-refractivity contribution in [1.82, 2.24) is 0 Å². The van der Waals surface area contributed by atoms with Crippen LogP contribution in [0, 0.1) is 10.1 Å². The molecule has 0 fully saturated rings. The van der Waals surface area contributed by atoms with Gasteiger partial charge in [-0.2, -0.15) is 0 Å². The molecule has 0 unspecified atom stereocenters. The van der Waals surface area contributed by atoms with Gasteiger partial charge < -0.3 is 9.64 Å². The van der Waals surface area contributed by atoms with Crippen LogP contribution in [0.4, 0.5) is 11.4 Å². The van der Waals surface area contributed by atoms with Gasteiger partial charge in [-0.05, 0) is 26.0 Å². The average Bonchev–Trinajstić information content (AvgIpc) is 2.35. The molecule has 1 aromatic carbocycles. The number of anilines is 1. The van der Waals surface area contributed by atoms with Gasteiger partial charge in [-0.3, -0.25) is 10.1 Å². The van der Waals surface area contributed by atoms with E-state index < -0.39 is 0 Å². The summed E-state index contributed by atoms with van der Waals surface area (Å²) >= 11 is 3.25. The highest BCUT2D eigenvalue weighted by Crippen LogP contribution is 2.30. The van der Waals surface area contributed by atoms with Gasteiger partial charge in [0.15, 0.2) is 0 Å². The second kappa shape index (κ2) is 7.33. The van der Waals surface area contributed by atoms with Crippen molar-refractivity contribution in [3.63, 3.8) is 0 Å². The molecule has 1 aromatic rings. The van der Waals surface area contributed by atoms with Crippen molar-refractivity contribution >= 4 is 27.3 Å². The van der Waals surface area contributed by atoms with Crippen LogP contribution in [0.25, 0.3) is 0 Å². The molecule has 0 aliphatic rings. The van der Waals surface area contributed by atoms with Crippen LogP contribution in [0.1, 0.15) is 13.8 Å². The maximum atomic E-state index is 11.1. The Morgan fingerprint density at radius 2 is 2.17 bits per heavy atom. The van der Waals surface area contributed by atoms with Crippen LogP contribution >= 0.6 is 15.9 Å². The lowest BCUT2D eigenvalue weighted by atomic mass is 10.2. The third-order valence-corrected chi connectivity index (χ3v) is 3.06. The molecule has 0 saturated heterocycles. The third kappa shape index (κ3) is 3.96. The number of likely N-dealkylation sites (N-methyl/N-ethyl adjacent to an activating group) is 1. The Morgan fingerprint density at radius 3 is 2.72 bits per heavy atom. The van der Waals surface area contributed by atoms with Gasteiger partial charge >= 0.3 is 0 Å². The third-order valence-electron chi connectivity index (χ3n) is 2.57. The number of rotatable bonds is 7. The molecule has 100 valence electrons. The van der Waals surface area contributed by atoms with E-state index in [1.54, 1.807) is 6.07 Å². The summed E-state index contributed by atoms with van der Waals surface area (Å²) in [6, 6.07) is 5.10. The monoisotopic (exact) mass is 316 g/mol. The van der Waals surface area contributed by atoms with E-state index in [0.717, 1.165) is 0 Å². The summed E-state index contributed by atoms with van der Waals surface area (Å²) in [5.74, 6) is 0. The molecule has 0 amide bonds. The lowest BCUT2D eigenvalue weighted by molar-refractivity contribution is -0.384. The number of hydrogen-bond acceptors (Lipinski definition) is 4. The van der Waals surface area contributed by atoms with Gasteiger partial charge in [-0.1, -0.05) is 15.9 Å². The summed E-state index contributed by atoms with van der Waals surface area (Å²) in [5.41, 5.74) is 0.744. The zero-order valence-corrected chi connectivity index (χ0v) is 12.1. The van der Waals surface area contributed by atoms with Gasteiger partial charge in [-0.25, -0.2) is 0 Å². The fourth-order valence-electron chi connectivity index (χ4n) is 1.68. The van der Waals surface area contributed by atoms with Crippen LogP contribution in [-0.4, -0.2) is 31.2 Å². The Hall–Kier alpha value is -1.14. The van der Waals surface area contributed by atoms with Crippen LogP contribution in [0.3, 0.4) is 0 Å². The van der Waals surface area contributed by atoms with E-state index in [1.165, 1.54) is 6.07 Å². The minimum Gasteiger partial charge on any atom is -0.380 e. The summed E-state index contributed by atoms with van der Waals surface area (Å²) in [6.45, 7) is 6.47. The number of benzene rings is 1. The van der Waals surface area contributed by atoms with E-state index in [2.05, 4.69) is 15.9 Å². The SMILES string of the molecule is CCOCCN(CC)c1ccc(Br)cc1[N+](=O)[O-]. The first-order valence-electron chi connectivity index (χ1n) is 5.86. The molecule has 0 aliphatic carbocycles. The molecule has 18 heavy (non-hydrogen) atoms. The minimum atomic E-state index is -0.358. The molecule has 0 bridgehead atoms. The first kappa shape index (κ1) is 14.9. The van der Waals surface area contributed by atoms with Crippen LogP contribution in [0.5, 0.6) is 0 Å². The number of ether oxygens (including phenoxy) is 1. The van der Waals surface area contributed by atoms with Gasteiger partial charge in [0.1, 0.15) is 5.69 Å². The lowest BCUT2D eigenvalue weighted by Crippen LogP contribution is -2.27. The average molecular weight is 317 g/mol. The highest BCUT2D eigenvalue weighted by molar-refractivity contribution is 9.10. The normalized spacial score (nSPS) is 10.4. The number of hydrogen-bond donors (Lipinski definition) is 0. The first-order chi connectivity index (χ1) is 8.60. The molecule has 0 saturated carbocycles. The molecule has 0 atom stereocenters. The summed E-state index contributed by atoms with van der Waals surface area (Å²) in [6.07, 6.45) is 0. The van der Waals surface area contributed by atoms with E-state index >= 15 is 0 Å². The molecule has 5 nitrogen and oxygen atoms in total. The molecular weight excluding hydrogens is 300 g/mol. The van der Waals surface area contributed by atoms with E-state index in [4.69, 9.17) is 4.74 Å². The van der Waals surface area contributed by atoms with E-state index in [9.17, 15) is 10.1 Å². The summed E-state index contributed by atoms with van der Waals surface area (Å²) in [4.78, 5) is 12.6. The predicted octanol–water partition coefficient (Wildman–Crippen LogP) is 3.22. The minimum absolute atomic E-state index is 0.114. The number of halogens is 1. The van der Waals surface area contributed by atoms with Crippen LogP contribution < -0.4 is 4.90 Å². The van der Waals surface area contributed by atoms with Crippen molar-refractivity contribution in [2.75, 3.05) is 31.2 Å². The number of nitrogens with zero attached hydrogens (tertiary/aromatic N) is 2. The van der Waals surface area contributed by atoms with Crippen LogP contribution in [0.15, 0.2) is 22.7 Å². The van der Waals surface area contributed by atoms with E-state index in [1.807, 2.05) is 24.8 Å². The fraction of sp³-hybridized carbons (Fsp3) is 0.500. The summed E-state index contributed by atoms with van der Waals surface area (Å²) in [5, 5.41) is 11.1. The van der Waals surface area contributed by atoms with Crippen LogP contribution in [-0.2, 0) is 4.74 Å². The van der Waals surface area contributed by atoms with Gasteiger partial charge in [0.05, 0.1) is 11.5 Å². The highest BCUT2D eigenvalue weighted by Gasteiger charge is 2.18. The Kier molecular flexibility index (Phi) is 6.07. The molecule has 0 N–H and O–H groups in total. The first-order valence-corrected chi connectivity index (χ1v) is 6.66. The molecule has 0 aliphatic heterocycles. The second-order valence-corrected chi connectivity index (χ2v) is 4.58. The standard InChI is InChI=1S/C12H17BrN2O3/c1-3-14(7-8-18-4-2)11-6-5-10(13)9-12(11)15(16)17/h5-6,9H,3-4,7-8H2,1-2H3. The van der Waals surface area contributed by atoms with E-state index in [0.29, 0.717) is 36.5 Å². The number of nitro groups is 1. The van der Waals surface area contributed by atoms with Crippen molar-refractivity contribution in [3.8, 4) is 0 Å². The molecular formula is C12H17BrN2O3. The molecule has 0 aromatic heterocycles. The van der Waals surface area contributed by atoms with Crippen molar-refractivity contribution in [2.24, 2.45) is 0 Å². The molecule has 0 radical (unpaired) electrons. The maximum Gasteiger partial charge on any atom is 0.293 e. The van der Waals surface area contributed by atoms with Gasteiger partial charge in [0.25, 0.3) is 5.69 Å². The zero-order valence-electron chi connectivity index (χ0n) is 10.6.